The molecule has 0 spiro atoms. The van der Waals surface area contributed by atoms with E-state index in [0.29, 0.717) is 32.0 Å². The third-order valence-electron chi connectivity index (χ3n) is 3.68. The van der Waals surface area contributed by atoms with E-state index in [2.05, 4.69) is 0 Å². The molecule has 2 rings (SSSR count). The van der Waals surface area contributed by atoms with E-state index < -0.39 is 16.1 Å². The number of aryl methyl sites for hydroxylation is 1. The van der Waals surface area contributed by atoms with Crippen molar-refractivity contribution < 1.29 is 17.9 Å². The van der Waals surface area contributed by atoms with Gasteiger partial charge in [-0.25, -0.2) is 8.42 Å². The predicted octanol–water partition coefficient (Wildman–Crippen LogP) is 1.01. The Morgan fingerprint density at radius 3 is 2.27 bits per heavy atom. The lowest BCUT2D eigenvalue weighted by molar-refractivity contribution is -0.136. The van der Waals surface area contributed by atoms with Gasteiger partial charge in [0.05, 0.1) is 25.2 Å². The van der Waals surface area contributed by atoms with Gasteiger partial charge in [0.15, 0.2) is 0 Å². The summed E-state index contributed by atoms with van der Waals surface area (Å²) in [7, 11) is -3.56. The van der Waals surface area contributed by atoms with Crippen molar-refractivity contribution in [3.8, 4) is 0 Å². The fourth-order valence-corrected chi connectivity index (χ4v) is 3.71. The summed E-state index contributed by atoms with van der Waals surface area (Å²) in [5.74, 6) is -0.200. The van der Waals surface area contributed by atoms with E-state index >= 15 is 0 Å². The molecule has 1 aliphatic rings. The molecular weight excluding hydrogens is 304 g/mol. The summed E-state index contributed by atoms with van der Waals surface area (Å²) >= 11 is 0. The van der Waals surface area contributed by atoms with Crippen molar-refractivity contribution in [2.24, 2.45) is 0 Å². The molecule has 1 saturated heterocycles. The van der Waals surface area contributed by atoms with Gasteiger partial charge in [0, 0.05) is 13.1 Å². The average molecular weight is 326 g/mol. The highest BCUT2D eigenvalue weighted by Crippen LogP contribution is 2.22. The second kappa shape index (κ2) is 6.66. The number of sulfonamides is 1. The van der Waals surface area contributed by atoms with E-state index in [1.807, 2.05) is 19.1 Å². The van der Waals surface area contributed by atoms with E-state index in [1.54, 1.807) is 24.0 Å². The quantitative estimate of drug-likeness (QED) is 0.828. The monoisotopic (exact) mass is 326 g/mol. The Morgan fingerprint density at radius 1 is 1.23 bits per heavy atom. The number of ether oxygens (including phenoxy) is 1. The minimum atomic E-state index is -3.56. The Labute approximate surface area is 131 Å². The Bertz CT molecular complexity index is 621. The summed E-state index contributed by atoms with van der Waals surface area (Å²) in [5.41, 5.74) is 1.53. The van der Waals surface area contributed by atoms with Crippen molar-refractivity contribution in [1.29, 1.82) is 0 Å². The molecule has 0 N–H and O–H groups in total. The second-order valence-electron chi connectivity index (χ2n) is 5.51. The zero-order chi connectivity index (χ0) is 16.3. The number of anilines is 1. The van der Waals surface area contributed by atoms with Gasteiger partial charge in [-0.1, -0.05) is 17.7 Å². The van der Waals surface area contributed by atoms with Gasteiger partial charge >= 0.3 is 0 Å². The topological polar surface area (TPSA) is 66.9 Å². The number of hydrogen-bond acceptors (Lipinski definition) is 4. The Morgan fingerprint density at radius 2 is 1.77 bits per heavy atom. The molecule has 0 bridgehead atoms. The molecule has 1 aromatic rings. The van der Waals surface area contributed by atoms with Crippen molar-refractivity contribution in [2.75, 3.05) is 36.9 Å². The molecule has 6 nitrogen and oxygen atoms in total. The lowest BCUT2D eigenvalue weighted by atomic mass is 10.2. The van der Waals surface area contributed by atoms with Crippen molar-refractivity contribution in [3.63, 3.8) is 0 Å². The number of amides is 1. The molecular formula is C15H22N2O4S. The van der Waals surface area contributed by atoms with Crippen molar-refractivity contribution in [1.82, 2.24) is 4.90 Å². The summed E-state index contributed by atoms with van der Waals surface area (Å²) in [6.45, 7) is 5.52. The fraction of sp³-hybridized carbons (Fsp3) is 0.533. The zero-order valence-corrected chi connectivity index (χ0v) is 14.0. The SMILES string of the molecule is Cc1ccc(N([C@@H](C)C(=O)N2CCOCC2)S(C)(=O)=O)cc1. The number of morpholine rings is 1. The molecule has 0 aromatic heterocycles. The number of hydrogen-bond donors (Lipinski definition) is 0. The summed E-state index contributed by atoms with van der Waals surface area (Å²) < 4.78 is 30.8. The smallest absolute Gasteiger partial charge is 0.246 e. The lowest BCUT2D eigenvalue weighted by Crippen LogP contribution is -2.52. The molecule has 1 aliphatic heterocycles. The van der Waals surface area contributed by atoms with Gasteiger partial charge in [0.1, 0.15) is 6.04 Å². The Hall–Kier alpha value is -1.60. The first kappa shape index (κ1) is 16.8. The molecule has 122 valence electrons. The molecule has 22 heavy (non-hydrogen) atoms. The van der Waals surface area contributed by atoms with Crippen LogP contribution in [-0.4, -0.2) is 57.8 Å². The summed E-state index contributed by atoms with van der Waals surface area (Å²) in [5, 5.41) is 0. The maximum atomic E-state index is 12.6. The number of carbonyl (C=O) groups excluding carboxylic acids is 1. The van der Waals surface area contributed by atoms with Crippen LogP contribution < -0.4 is 4.31 Å². The third-order valence-corrected chi connectivity index (χ3v) is 4.92. The van der Waals surface area contributed by atoms with Crippen LogP contribution in [0.2, 0.25) is 0 Å². The van der Waals surface area contributed by atoms with Gasteiger partial charge in [0.25, 0.3) is 0 Å². The number of carbonyl (C=O) groups is 1. The molecule has 0 aliphatic carbocycles. The first-order valence-corrected chi connectivity index (χ1v) is 9.08. The van der Waals surface area contributed by atoms with Crippen LogP contribution in [0.1, 0.15) is 12.5 Å². The highest BCUT2D eigenvalue weighted by Gasteiger charge is 2.32. The molecule has 1 amide bonds. The van der Waals surface area contributed by atoms with Crippen LogP contribution >= 0.6 is 0 Å². The van der Waals surface area contributed by atoms with Crippen LogP contribution in [0.25, 0.3) is 0 Å². The van der Waals surface area contributed by atoms with Crippen LogP contribution in [0.3, 0.4) is 0 Å². The predicted molar refractivity (Wildman–Crippen MR) is 85.4 cm³/mol. The first-order chi connectivity index (χ1) is 10.3. The van der Waals surface area contributed by atoms with Crippen LogP contribution in [-0.2, 0) is 19.6 Å². The van der Waals surface area contributed by atoms with Gasteiger partial charge < -0.3 is 9.64 Å². The van der Waals surface area contributed by atoms with E-state index in [4.69, 9.17) is 4.74 Å². The van der Waals surface area contributed by atoms with Gasteiger partial charge in [-0.15, -0.1) is 0 Å². The van der Waals surface area contributed by atoms with E-state index in [-0.39, 0.29) is 5.91 Å². The van der Waals surface area contributed by atoms with Gasteiger partial charge in [0.2, 0.25) is 15.9 Å². The lowest BCUT2D eigenvalue weighted by Gasteiger charge is -2.34. The van der Waals surface area contributed by atoms with E-state index in [1.165, 1.54) is 4.31 Å². The molecule has 0 unspecified atom stereocenters. The fourth-order valence-electron chi connectivity index (χ4n) is 2.54. The highest BCUT2D eigenvalue weighted by atomic mass is 32.2. The Balaban J connectivity index is 2.29. The van der Waals surface area contributed by atoms with Crippen molar-refractivity contribution in [3.05, 3.63) is 29.8 Å². The molecule has 1 aromatic carbocycles. The normalized spacial score (nSPS) is 17.1. The third kappa shape index (κ3) is 3.78. The van der Waals surface area contributed by atoms with Gasteiger partial charge in [-0.2, -0.15) is 0 Å². The van der Waals surface area contributed by atoms with Crippen LogP contribution in [0, 0.1) is 6.92 Å². The summed E-state index contributed by atoms with van der Waals surface area (Å²) in [6.07, 6.45) is 1.12. The minimum Gasteiger partial charge on any atom is -0.378 e. The second-order valence-corrected chi connectivity index (χ2v) is 7.37. The van der Waals surface area contributed by atoms with Crippen LogP contribution in [0.4, 0.5) is 5.69 Å². The standard InChI is InChI=1S/C15H22N2O4S/c1-12-4-6-14(7-5-12)17(22(3,19)20)13(2)15(18)16-8-10-21-11-9-16/h4-7,13H,8-11H2,1-3H3/t13-/m0/s1. The molecule has 1 heterocycles. The van der Waals surface area contributed by atoms with Gasteiger partial charge in [-0.05, 0) is 26.0 Å². The summed E-state index contributed by atoms with van der Waals surface area (Å²) in [6, 6.07) is 6.33. The molecule has 0 radical (unpaired) electrons. The average Bonchev–Trinajstić information content (AvgIpc) is 2.48. The van der Waals surface area contributed by atoms with Crippen molar-refractivity contribution >= 4 is 21.6 Å². The largest absolute Gasteiger partial charge is 0.378 e. The van der Waals surface area contributed by atoms with E-state index in [0.717, 1.165) is 11.8 Å². The summed E-state index contributed by atoms with van der Waals surface area (Å²) in [4.78, 5) is 14.2. The zero-order valence-electron chi connectivity index (χ0n) is 13.2. The number of rotatable bonds is 4. The van der Waals surface area contributed by atoms with Crippen molar-refractivity contribution in [2.45, 2.75) is 19.9 Å². The number of nitrogens with zero attached hydrogens (tertiary/aromatic N) is 2. The maximum Gasteiger partial charge on any atom is 0.246 e. The van der Waals surface area contributed by atoms with Crippen LogP contribution in [0.15, 0.2) is 24.3 Å². The minimum absolute atomic E-state index is 0.200. The van der Waals surface area contributed by atoms with E-state index in [9.17, 15) is 13.2 Å². The molecule has 1 fully saturated rings. The molecule has 0 saturated carbocycles. The highest BCUT2D eigenvalue weighted by molar-refractivity contribution is 7.92. The Kier molecular flexibility index (Phi) is 5.08. The first-order valence-electron chi connectivity index (χ1n) is 7.23. The number of benzene rings is 1. The van der Waals surface area contributed by atoms with Crippen LogP contribution in [0.5, 0.6) is 0 Å². The molecule has 7 heteroatoms. The van der Waals surface area contributed by atoms with Gasteiger partial charge in [-0.3, -0.25) is 9.10 Å². The maximum absolute atomic E-state index is 12.6. The molecule has 1 atom stereocenters.